The van der Waals surface area contributed by atoms with E-state index in [1.807, 2.05) is 36.4 Å². The second-order valence-corrected chi connectivity index (χ2v) is 8.02. The van der Waals surface area contributed by atoms with Crippen molar-refractivity contribution in [1.82, 2.24) is 20.2 Å². The number of anilines is 2. The number of hydrogen-bond donors (Lipinski definition) is 2. The number of H-pyrrole nitrogens is 1. The first-order valence-electron chi connectivity index (χ1n) is 9.87. The number of aromatic amines is 1. The molecule has 1 saturated heterocycles. The van der Waals surface area contributed by atoms with Gasteiger partial charge in [0.1, 0.15) is 4.88 Å². The smallest absolute Gasteiger partial charge is 0.270 e. The summed E-state index contributed by atoms with van der Waals surface area (Å²) in [7, 11) is 0. The van der Waals surface area contributed by atoms with Crippen molar-refractivity contribution >= 4 is 29.1 Å². The van der Waals surface area contributed by atoms with Gasteiger partial charge in [-0.1, -0.05) is 30.3 Å². The van der Waals surface area contributed by atoms with Crippen LogP contribution in [-0.4, -0.2) is 39.2 Å². The SMILES string of the molecule is O=C(Nc1nc(N2CCCCC2)n[nH]1)c1sc(-c2ccco2)nc1-c1ccccc1. The average Bonchev–Trinajstić information content (AvgIpc) is 3.55. The lowest BCUT2D eigenvalue weighted by Crippen LogP contribution is -2.30. The van der Waals surface area contributed by atoms with Gasteiger partial charge < -0.3 is 9.32 Å². The van der Waals surface area contributed by atoms with Crippen LogP contribution in [-0.2, 0) is 0 Å². The van der Waals surface area contributed by atoms with Gasteiger partial charge in [-0.05, 0) is 31.4 Å². The van der Waals surface area contributed by atoms with Crippen LogP contribution >= 0.6 is 11.3 Å². The monoisotopic (exact) mass is 420 g/mol. The summed E-state index contributed by atoms with van der Waals surface area (Å²) in [4.78, 5) is 24.9. The number of hydrogen-bond acceptors (Lipinski definition) is 7. The summed E-state index contributed by atoms with van der Waals surface area (Å²) in [5, 5.41) is 10.6. The van der Waals surface area contributed by atoms with Gasteiger partial charge in [0.2, 0.25) is 11.9 Å². The maximum atomic E-state index is 13.1. The zero-order valence-electron chi connectivity index (χ0n) is 16.2. The third-order valence-corrected chi connectivity index (χ3v) is 6.03. The quantitative estimate of drug-likeness (QED) is 0.495. The Morgan fingerprint density at radius 3 is 2.67 bits per heavy atom. The number of furan rings is 1. The summed E-state index contributed by atoms with van der Waals surface area (Å²) in [6.07, 6.45) is 5.09. The molecule has 1 aliphatic rings. The van der Waals surface area contributed by atoms with Crippen molar-refractivity contribution in [3.63, 3.8) is 0 Å². The van der Waals surface area contributed by atoms with E-state index in [1.165, 1.54) is 17.8 Å². The largest absolute Gasteiger partial charge is 0.462 e. The predicted molar refractivity (Wildman–Crippen MR) is 116 cm³/mol. The molecule has 1 fully saturated rings. The van der Waals surface area contributed by atoms with E-state index >= 15 is 0 Å². The number of thiazole rings is 1. The Labute approximate surface area is 177 Å². The van der Waals surface area contributed by atoms with Crippen LogP contribution in [0.25, 0.3) is 22.0 Å². The number of nitrogens with one attached hydrogen (secondary N) is 2. The fraction of sp³-hybridized carbons (Fsp3) is 0.238. The molecule has 152 valence electrons. The summed E-state index contributed by atoms with van der Waals surface area (Å²) >= 11 is 1.28. The zero-order chi connectivity index (χ0) is 20.3. The second-order valence-electron chi connectivity index (χ2n) is 7.03. The molecule has 0 spiro atoms. The third-order valence-electron chi connectivity index (χ3n) is 4.96. The van der Waals surface area contributed by atoms with Crippen molar-refractivity contribution in [2.75, 3.05) is 23.3 Å². The van der Waals surface area contributed by atoms with E-state index in [0.29, 0.717) is 33.2 Å². The Hall–Kier alpha value is -3.46. The molecule has 9 heteroatoms. The molecule has 1 amide bonds. The van der Waals surface area contributed by atoms with Crippen LogP contribution in [0.1, 0.15) is 28.9 Å². The van der Waals surface area contributed by atoms with E-state index in [-0.39, 0.29) is 5.91 Å². The van der Waals surface area contributed by atoms with Crippen molar-refractivity contribution in [2.24, 2.45) is 0 Å². The molecule has 0 aliphatic carbocycles. The maximum absolute atomic E-state index is 13.1. The Morgan fingerprint density at radius 1 is 1.07 bits per heavy atom. The van der Waals surface area contributed by atoms with E-state index in [1.54, 1.807) is 12.3 Å². The molecule has 0 bridgehead atoms. The summed E-state index contributed by atoms with van der Waals surface area (Å²) in [5.74, 6) is 1.29. The predicted octanol–water partition coefficient (Wildman–Crippen LogP) is 4.43. The standard InChI is InChI=1S/C21H20N6O2S/c28-18(23-20-24-21(26-25-20)27-11-5-2-6-12-27)17-16(14-8-3-1-4-9-14)22-19(30-17)15-10-7-13-29-15/h1,3-4,7-10,13H,2,5-6,11-12H2,(H2,23,24,25,26,28). The first kappa shape index (κ1) is 18.6. The van der Waals surface area contributed by atoms with Crippen LogP contribution < -0.4 is 10.2 Å². The molecule has 5 rings (SSSR count). The molecular weight excluding hydrogens is 400 g/mol. The topological polar surface area (TPSA) is 99.9 Å². The Balaban J connectivity index is 1.43. The lowest BCUT2D eigenvalue weighted by Gasteiger charge is -2.24. The molecule has 30 heavy (non-hydrogen) atoms. The Kier molecular flexibility index (Phi) is 5.02. The van der Waals surface area contributed by atoms with Crippen LogP contribution in [0.2, 0.25) is 0 Å². The third kappa shape index (κ3) is 3.71. The van der Waals surface area contributed by atoms with Crippen molar-refractivity contribution in [3.05, 3.63) is 53.6 Å². The van der Waals surface area contributed by atoms with E-state index in [2.05, 4.69) is 30.4 Å². The highest BCUT2D eigenvalue weighted by molar-refractivity contribution is 7.17. The van der Waals surface area contributed by atoms with Crippen molar-refractivity contribution in [1.29, 1.82) is 0 Å². The highest BCUT2D eigenvalue weighted by atomic mass is 32.1. The van der Waals surface area contributed by atoms with Gasteiger partial charge in [0.05, 0.1) is 12.0 Å². The minimum absolute atomic E-state index is 0.287. The fourth-order valence-corrected chi connectivity index (χ4v) is 4.43. The van der Waals surface area contributed by atoms with E-state index in [9.17, 15) is 4.79 Å². The molecule has 4 heterocycles. The van der Waals surface area contributed by atoms with Gasteiger partial charge >= 0.3 is 0 Å². The average molecular weight is 420 g/mol. The number of benzene rings is 1. The van der Waals surface area contributed by atoms with Crippen molar-refractivity contribution in [2.45, 2.75) is 19.3 Å². The van der Waals surface area contributed by atoms with Crippen LogP contribution in [0, 0.1) is 0 Å². The van der Waals surface area contributed by atoms with Crippen LogP contribution in [0.4, 0.5) is 11.9 Å². The highest BCUT2D eigenvalue weighted by Gasteiger charge is 2.23. The van der Waals surface area contributed by atoms with E-state index in [0.717, 1.165) is 31.5 Å². The highest BCUT2D eigenvalue weighted by Crippen LogP contribution is 2.34. The molecule has 4 aromatic rings. The first-order chi connectivity index (χ1) is 14.8. The van der Waals surface area contributed by atoms with E-state index in [4.69, 9.17) is 4.42 Å². The number of amides is 1. The summed E-state index contributed by atoms with van der Waals surface area (Å²) in [5.41, 5.74) is 1.48. The molecule has 0 atom stereocenters. The lowest BCUT2D eigenvalue weighted by atomic mass is 10.1. The minimum atomic E-state index is -0.287. The second kappa shape index (κ2) is 8.11. The summed E-state index contributed by atoms with van der Waals surface area (Å²) in [6.45, 7) is 1.87. The van der Waals surface area contributed by atoms with Gasteiger partial charge in [0, 0.05) is 18.7 Å². The van der Waals surface area contributed by atoms with Gasteiger partial charge in [-0.15, -0.1) is 16.4 Å². The number of nitrogens with zero attached hydrogens (tertiary/aromatic N) is 4. The van der Waals surface area contributed by atoms with Gasteiger partial charge in [-0.2, -0.15) is 4.98 Å². The van der Waals surface area contributed by atoms with Crippen molar-refractivity contribution < 1.29 is 9.21 Å². The molecule has 8 nitrogen and oxygen atoms in total. The minimum Gasteiger partial charge on any atom is -0.462 e. The number of aromatic nitrogens is 4. The number of piperidine rings is 1. The number of carbonyl (C=O) groups is 1. The maximum Gasteiger partial charge on any atom is 0.270 e. The zero-order valence-corrected chi connectivity index (χ0v) is 17.0. The molecular formula is C21H20N6O2S. The summed E-state index contributed by atoms with van der Waals surface area (Å²) < 4.78 is 5.47. The van der Waals surface area contributed by atoms with Crippen LogP contribution in [0.15, 0.2) is 53.1 Å². The normalized spacial score (nSPS) is 14.1. The number of rotatable bonds is 5. The fourth-order valence-electron chi connectivity index (χ4n) is 3.48. The van der Waals surface area contributed by atoms with Gasteiger partial charge in [0.15, 0.2) is 10.8 Å². The first-order valence-corrected chi connectivity index (χ1v) is 10.7. The molecule has 0 radical (unpaired) electrons. The van der Waals surface area contributed by atoms with E-state index < -0.39 is 0 Å². The lowest BCUT2D eigenvalue weighted by molar-refractivity contribution is 0.103. The Morgan fingerprint density at radius 2 is 1.90 bits per heavy atom. The number of carbonyl (C=O) groups excluding carboxylic acids is 1. The molecule has 0 saturated carbocycles. The molecule has 3 aromatic heterocycles. The van der Waals surface area contributed by atoms with Gasteiger partial charge in [-0.25, -0.2) is 10.1 Å². The van der Waals surface area contributed by atoms with Crippen molar-refractivity contribution in [3.8, 4) is 22.0 Å². The van der Waals surface area contributed by atoms with Gasteiger partial charge in [-0.3, -0.25) is 10.1 Å². The summed E-state index contributed by atoms with van der Waals surface area (Å²) in [6, 6.07) is 13.3. The molecule has 1 aromatic carbocycles. The van der Waals surface area contributed by atoms with Crippen LogP contribution in [0.3, 0.4) is 0 Å². The molecule has 2 N–H and O–H groups in total. The van der Waals surface area contributed by atoms with Gasteiger partial charge in [0.25, 0.3) is 5.91 Å². The Bertz CT molecular complexity index is 1130. The molecule has 1 aliphatic heterocycles. The van der Waals surface area contributed by atoms with Crippen LogP contribution in [0.5, 0.6) is 0 Å². The molecule has 0 unspecified atom stereocenters.